The second kappa shape index (κ2) is 7.72. The molecular formula is C20H24N2O4. The average Bonchev–Trinajstić information content (AvgIpc) is 3.01. The van der Waals surface area contributed by atoms with Crippen LogP contribution >= 0.6 is 0 Å². The second-order valence-corrected chi connectivity index (χ2v) is 7.11. The number of carbonyl (C=O) groups excluding carboxylic acids is 2. The summed E-state index contributed by atoms with van der Waals surface area (Å²) in [6, 6.07) is 9.33. The highest BCUT2D eigenvalue weighted by Gasteiger charge is 2.27. The lowest BCUT2D eigenvalue weighted by molar-refractivity contribution is -0.137. The van der Waals surface area contributed by atoms with Gasteiger partial charge in [-0.1, -0.05) is 32.0 Å². The maximum absolute atomic E-state index is 12.3. The third kappa shape index (κ3) is 4.12. The summed E-state index contributed by atoms with van der Waals surface area (Å²) in [6.07, 6.45) is 1.12. The van der Waals surface area contributed by atoms with Crippen LogP contribution in [0.2, 0.25) is 0 Å². The zero-order valence-corrected chi connectivity index (χ0v) is 15.4. The average molecular weight is 356 g/mol. The molecule has 6 heteroatoms. The molecule has 0 aliphatic carbocycles. The predicted octanol–water partition coefficient (Wildman–Crippen LogP) is 3.31. The highest BCUT2D eigenvalue weighted by molar-refractivity contribution is 5.91. The first-order valence-corrected chi connectivity index (χ1v) is 8.91. The topological polar surface area (TPSA) is 72.6 Å². The van der Waals surface area contributed by atoms with Crippen LogP contribution in [0.5, 0.6) is 0 Å². The predicted molar refractivity (Wildman–Crippen MR) is 96.5 cm³/mol. The Balaban J connectivity index is 1.62. The molecule has 2 heterocycles. The Kier molecular flexibility index (Phi) is 5.40. The molecule has 1 fully saturated rings. The Morgan fingerprint density at radius 2 is 1.85 bits per heavy atom. The third-order valence-electron chi connectivity index (χ3n) is 4.56. The molecule has 1 amide bonds. The molecule has 6 nitrogen and oxygen atoms in total. The first-order valence-electron chi connectivity index (χ1n) is 8.91. The van der Waals surface area contributed by atoms with E-state index in [1.54, 1.807) is 11.8 Å². The lowest BCUT2D eigenvalue weighted by Crippen LogP contribution is -2.44. The molecule has 26 heavy (non-hydrogen) atoms. The van der Waals surface area contributed by atoms with Crippen molar-refractivity contribution in [1.29, 1.82) is 0 Å². The second-order valence-electron chi connectivity index (χ2n) is 7.11. The van der Waals surface area contributed by atoms with Gasteiger partial charge in [0.15, 0.2) is 12.3 Å². The normalized spacial score (nSPS) is 20.0. The van der Waals surface area contributed by atoms with Crippen molar-refractivity contribution in [3.8, 4) is 11.5 Å². The van der Waals surface area contributed by atoms with E-state index < -0.39 is 5.97 Å². The van der Waals surface area contributed by atoms with Gasteiger partial charge in [-0.2, -0.15) is 0 Å². The van der Waals surface area contributed by atoms with Crippen molar-refractivity contribution in [3.63, 3.8) is 0 Å². The number of oxazole rings is 1. The van der Waals surface area contributed by atoms with Crippen molar-refractivity contribution in [2.45, 2.75) is 27.2 Å². The number of likely N-dealkylation sites (tertiary alicyclic amines) is 1. The van der Waals surface area contributed by atoms with E-state index in [1.807, 2.05) is 30.3 Å². The Hall–Kier alpha value is -2.63. The molecule has 0 N–H and O–H groups in total. The van der Waals surface area contributed by atoms with E-state index in [0.29, 0.717) is 36.6 Å². The van der Waals surface area contributed by atoms with Crippen LogP contribution in [0.3, 0.4) is 0 Å². The first kappa shape index (κ1) is 18.2. The van der Waals surface area contributed by atoms with E-state index in [9.17, 15) is 9.59 Å². The smallest absolute Gasteiger partial charge is 0.361 e. The van der Waals surface area contributed by atoms with Crippen LogP contribution in [0.15, 0.2) is 34.7 Å². The standard InChI is InChI=1S/C20H24N2O4/c1-13-9-14(2)11-22(10-13)17(23)12-25-20(24)18-15(3)26-19(21-18)16-7-5-4-6-8-16/h4-8,13-14H,9-12H2,1-3H3/t13-,14-/m0/s1. The quantitative estimate of drug-likeness (QED) is 0.786. The molecule has 0 spiro atoms. The van der Waals surface area contributed by atoms with Crippen LogP contribution in [0.4, 0.5) is 0 Å². The van der Waals surface area contributed by atoms with E-state index in [4.69, 9.17) is 9.15 Å². The van der Waals surface area contributed by atoms with Gasteiger partial charge in [-0.25, -0.2) is 9.78 Å². The van der Waals surface area contributed by atoms with Gasteiger partial charge in [0.25, 0.3) is 5.91 Å². The van der Waals surface area contributed by atoms with Crippen LogP contribution in [-0.4, -0.2) is 41.5 Å². The summed E-state index contributed by atoms with van der Waals surface area (Å²) in [7, 11) is 0. The number of piperidine rings is 1. The zero-order valence-electron chi connectivity index (χ0n) is 15.4. The van der Waals surface area contributed by atoms with Crippen LogP contribution in [-0.2, 0) is 9.53 Å². The highest BCUT2D eigenvalue weighted by Crippen LogP contribution is 2.23. The number of esters is 1. The minimum atomic E-state index is -0.639. The molecule has 3 rings (SSSR count). The fourth-order valence-corrected chi connectivity index (χ4v) is 3.44. The van der Waals surface area contributed by atoms with Gasteiger partial charge in [-0.05, 0) is 37.3 Å². The van der Waals surface area contributed by atoms with Crippen molar-refractivity contribution < 1.29 is 18.7 Å². The molecule has 1 aromatic heterocycles. The van der Waals surface area contributed by atoms with E-state index in [0.717, 1.165) is 12.0 Å². The summed E-state index contributed by atoms with van der Waals surface area (Å²) in [4.78, 5) is 30.7. The molecule has 0 bridgehead atoms. The number of nitrogens with zero attached hydrogens (tertiary/aromatic N) is 2. The minimum Gasteiger partial charge on any atom is -0.451 e. The number of hydrogen-bond acceptors (Lipinski definition) is 5. The Labute approximate surface area is 153 Å². The molecule has 1 aromatic carbocycles. The van der Waals surface area contributed by atoms with Crippen molar-refractivity contribution in [2.75, 3.05) is 19.7 Å². The van der Waals surface area contributed by atoms with Gasteiger partial charge in [0, 0.05) is 18.7 Å². The largest absolute Gasteiger partial charge is 0.451 e. The molecule has 1 aliphatic rings. The number of hydrogen-bond donors (Lipinski definition) is 0. The molecule has 138 valence electrons. The van der Waals surface area contributed by atoms with Gasteiger partial charge in [-0.3, -0.25) is 4.79 Å². The van der Waals surface area contributed by atoms with Crippen LogP contribution < -0.4 is 0 Å². The maximum Gasteiger partial charge on any atom is 0.361 e. The SMILES string of the molecule is Cc1oc(-c2ccccc2)nc1C(=O)OCC(=O)N1C[C@@H](C)C[C@H](C)C1. The summed E-state index contributed by atoms with van der Waals surface area (Å²) in [5, 5.41) is 0. The summed E-state index contributed by atoms with van der Waals surface area (Å²) in [6.45, 7) is 7.07. The summed E-state index contributed by atoms with van der Waals surface area (Å²) >= 11 is 0. The van der Waals surface area contributed by atoms with E-state index >= 15 is 0 Å². The molecule has 2 aromatic rings. The van der Waals surface area contributed by atoms with E-state index in [2.05, 4.69) is 18.8 Å². The number of carbonyl (C=O) groups is 2. The lowest BCUT2D eigenvalue weighted by Gasteiger charge is -2.34. The Morgan fingerprint density at radius 3 is 2.50 bits per heavy atom. The number of rotatable bonds is 4. The molecule has 0 saturated carbocycles. The minimum absolute atomic E-state index is 0.108. The summed E-state index contributed by atoms with van der Waals surface area (Å²) in [5.41, 5.74) is 0.888. The van der Waals surface area contributed by atoms with Crippen molar-refractivity contribution in [3.05, 3.63) is 41.8 Å². The number of benzene rings is 1. The van der Waals surface area contributed by atoms with Gasteiger partial charge < -0.3 is 14.1 Å². The molecule has 0 unspecified atom stereocenters. The summed E-state index contributed by atoms with van der Waals surface area (Å²) in [5.74, 6) is 0.858. The molecular weight excluding hydrogens is 332 g/mol. The van der Waals surface area contributed by atoms with Crippen molar-refractivity contribution in [1.82, 2.24) is 9.88 Å². The van der Waals surface area contributed by atoms with Crippen molar-refractivity contribution in [2.24, 2.45) is 11.8 Å². The van der Waals surface area contributed by atoms with E-state index in [1.165, 1.54) is 0 Å². The molecule has 2 atom stereocenters. The van der Waals surface area contributed by atoms with Crippen molar-refractivity contribution >= 4 is 11.9 Å². The van der Waals surface area contributed by atoms with Crippen LogP contribution in [0, 0.1) is 18.8 Å². The number of ether oxygens (including phenoxy) is 1. The van der Waals surface area contributed by atoms with Gasteiger partial charge in [-0.15, -0.1) is 0 Å². The highest BCUT2D eigenvalue weighted by atomic mass is 16.5. The maximum atomic E-state index is 12.3. The third-order valence-corrected chi connectivity index (χ3v) is 4.56. The first-order chi connectivity index (χ1) is 12.4. The molecule has 1 aliphatic heterocycles. The fourth-order valence-electron chi connectivity index (χ4n) is 3.44. The van der Waals surface area contributed by atoms with Crippen LogP contribution in [0.25, 0.3) is 11.5 Å². The number of amides is 1. The molecule has 0 radical (unpaired) electrons. The Morgan fingerprint density at radius 1 is 1.19 bits per heavy atom. The van der Waals surface area contributed by atoms with Gasteiger partial charge in [0.05, 0.1) is 0 Å². The van der Waals surface area contributed by atoms with Gasteiger partial charge >= 0.3 is 5.97 Å². The molecule has 1 saturated heterocycles. The monoisotopic (exact) mass is 356 g/mol. The number of aryl methyl sites for hydroxylation is 1. The van der Waals surface area contributed by atoms with E-state index in [-0.39, 0.29) is 18.2 Å². The van der Waals surface area contributed by atoms with Gasteiger partial charge in [0.1, 0.15) is 5.76 Å². The van der Waals surface area contributed by atoms with Crippen LogP contribution in [0.1, 0.15) is 36.5 Å². The van der Waals surface area contributed by atoms with Gasteiger partial charge in [0.2, 0.25) is 5.89 Å². The number of aromatic nitrogens is 1. The Bertz CT molecular complexity index is 774. The zero-order chi connectivity index (χ0) is 18.7. The fraction of sp³-hybridized carbons (Fsp3) is 0.450. The summed E-state index contributed by atoms with van der Waals surface area (Å²) < 4.78 is 10.8. The lowest BCUT2D eigenvalue weighted by atomic mass is 9.92.